The van der Waals surface area contributed by atoms with Gasteiger partial charge in [0.1, 0.15) is 0 Å². The molecule has 150 valence electrons. The van der Waals surface area contributed by atoms with Crippen molar-refractivity contribution in [2.24, 2.45) is 0 Å². The van der Waals surface area contributed by atoms with Gasteiger partial charge in [-0.15, -0.1) is 0 Å². The van der Waals surface area contributed by atoms with Gasteiger partial charge in [0.05, 0.1) is 6.54 Å². The number of hydrogen-bond acceptors (Lipinski definition) is 2. The molecule has 1 fully saturated rings. The second kappa shape index (κ2) is 10.3. The summed E-state index contributed by atoms with van der Waals surface area (Å²) >= 11 is 0. The van der Waals surface area contributed by atoms with Gasteiger partial charge in [0, 0.05) is 17.7 Å². The van der Waals surface area contributed by atoms with Gasteiger partial charge in [-0.05, 0) is 38.8 Å². The first-order valence-electron chi connectivity index (χ1n) is 10.3. The third-order valence-corrected chi connectivity index (χ3v) is 5.07. The Labute approximate surface area is 155 Å². The summed E-state index contributed by atoms with van der Waals surface area (Å²) in [4.78, 5) is 0. The van der Waals surface area contributed by atoms with Crippen molar-refractivity contribution in [3.05, 3.63) is 17.5 Å². The number of alkyl halides is 3. The highest BCUT2D eigenvalue weighted by Crippen LogP contribution is 2.42. The highest BCUT2D eigenvalue weighted by molar-refractivity contribution is 5.21. The molecule has 0 amide bonds. The molecule has 3 nitrogen and oxygen atoms in total. The van der Waals surface area contributed by atoms with Crippen LogP contribution in [0.4, 0.5) is 13.2 Å². The minimum atomic E-state index is -4.36. The average Bonchev–Trinajstić information content (AvgIpc) is 3.33. The van der Waals surface area contributed by atoms with Gasteiger partial charge in [-0.25, -0.2) is 0 Å². The van der Waals surface area contributed by atoms with Crippen molar-refractivity contribution in [3.63, 3.8) is 0 Å². The van der Waals surface area contributed by atoms with Crippen LogP contribution in [-0.2, 0) is 12.7 Å². The van der Waals surface area contributed by atoms with Gasteiger partial charge in [-0.1, -0.05) is 51.9 Å². The molecule has 1 aromatic heterocycles. The van der Waals surface area contributed by atoms with E-state index in [0.29, 0.717) is 6.54 Å². The van der Waals surface area contributed by atoms with Crippen LogP contribution in [0.5, 0.6) is 0 Å². The third-order valence-electron chi connectivity index (χ3n) is 5.07. The lowest BCUT2D eigenvalue weighted by atomic mass is 10.1. The molecule has 1 atom stereocenters. The van der Waals surface area contributed by atoms with E-state index in [1.807, 2.05) is 6.92 Å². The van der Waals surface area contributed by atoms with Crippen LogP contribution >= 0.6 is 0 Å². The minimum absolute atomic E-state index is 0.123. The fourth-order valence-corrected chi connectivity index (χ4v) is 3.35. The van der Waals surface area contributed by atoms with E-state index in [0.717, 1.165) is 31.5 Å². The number of unbranched alkanes of at least 4 members (excludes halogenated alkanes) is 7. The molecule has 1 aliphatic carbocycles. The van der Waals surface area contributed by atoms with Crippen molar-refractivity contribution in [1.29, 1.82) is 0 Å². The monoisotopic (exact) mass is 373 g/mol. The average molecular weight is 374 g/mol. The summed E-state index contributed by atoms with van der Waals surface area (Å²) in [6.07, 6.45) is 7.83. The quantitative estimate of drug-likeness (QED) is 0.436. The Balaban J connectivity index is 1.66. The number of halogens is 3. The number of nitrogens with one attached hydrogen (secondary N) is 1. The Morgan fingerprint density at radius 2 is 1.73 bits per heavy atom. The first-order valence-corrected chi connectivity index (χ1v) is 10.3. The molecule has 0 aliphatic heterocycles. The predicted octanol–water partition coefficient (Wildman–Crippen LogP) is 5.90. The normalized spacial score (nSPS) is 16.2. The van der Waals surface area contributed by atoms with Gasteiger partial charge in [0.2, 0.25) is 0 Å². The van der Waals surface area contributed by atoms with E-state index >= 15 is 0 Å². The van der Waals surface area contributed by atoms with Crippen LogP contribution in [0, 0.1) is 0 Å². The van der Waals surface area contributed by atoms with E-state index in [9.17, 15) is 13.2 Å². The standard InChI is InChI=1S/C20H34F3N3/c1-3-4-5-6-7-8-9-10-13-24-16(2)15-26-18(17-11-12-17)14-19(25-26)20(21,22)23/h14,16-17,24H,3-13,15H2,1-2H3. The Kier molecular flexibility index (Phi) is 8.45. The van der Waals surface area contributed by atoms with Crippen molar-refractivity contribution in [2.45, 2.75) is 103 Å². The van der Waals surface area contributed by atoms with Crippen LogP contribution in [0.1, 0.15) is 95.4 Å². The first-order chi connectivity index (χ1) is 12.4. The lowest BCUT2D eigenvalue weighted by Gasteiger charge is -2.16. The Morgan fingerprint density at radius 1 is 1.12 bits per heavy atom. The first kappa shape index (κ1) is 21.3. The molecular formula is C20H34F3N3. The summed E-state index contributed by atoms with van der Waals surface area (Å²) in [5, 5.41) is 7.26. The second-order valence-electron chi connectivity index (χ2n) is 7.74. The molecule has 26 heavy (non-hydrogen) atoms. The summed E-state index contributed by atoms with van der Waals surface area (Å²) in [5.74, 6) is 0.263. The van der Waals surface area contributed by atoms with Crippen LogP contribution in [0.3, 0.4) is 0 Å². The Hall–Kier alpha value is -1.04. The molecule has 1 unspecified atom stereocenters. The molecule has 1 heterocycles. The molecule has 1 N–H and O–H groups in total. The fraction of sp³-hybridized carbons (Fsp3) is 0.850. The summed E-state index contributed by atoms with van der Waals surface area (Å²) in [6, 6.07) is 1.36. The van der Waals surface area contributed by atoms with Gasteiger partial charge in [0.25, 0.3) is 0 Å². The van der Waals surface area contributed by atoms with Crippen molar-refractivity contribution >= 4 is 0 Å². The van der Waals surface area contributed by atoms with Crippen LogP contribution in [0.2, 0.25) is 0 Å². The summed E-state index contributed by atoms with van der Waals surface area (Å²) in [5.41, 5.74) is -0.00673. The molecule has 0 saturated heterocycles. The zero-order valence-electron chi connectivity index (χ0n) is 16.2. The largest absolute Gasteiger partial charge is 0.435 e. The van der Waals surface area contributed by atoms with E-state index in [4.69, 9.17) is 0 Å². The van der Waals surface area contributed by atoms with Crippen molar-refractivity contribution < 1.29 is 13.2 Å². The second-order valence-corrected chi connectivity index (χ2v) is 7.74. The number of rotatable bonds is 13. The van der Waals surface area contributed by atoms with E-state index in [2.05, 4.69) is 17.3 Å². The molecule has 6 heteroatoms. The highest BCUT2D eigenvalue weighted by atomic mass is 19.4. The number of aromatic nitrogens is 2. The molecular weight excluding hydrogens is 339 g/mol. The van der Waals surface area contributed by atoms with Crippen molar-refractivity contribution in [1.82, 2.24) is 15.1 Å². The molecule has 2 rings (SSSR count). The summed E-state index contributed by atoms with van der Waals surface area (Å²) in [6.45, 7) is 5.67. The third kappa shape index (κ3) is 7.29. The predicted molar refractivity (Wildman–Crippen MR) is 99.3 cm³/mol. The van der Waals surface area contributed by atoms with Crippen molar-refractivity contribution in [2.75, 3.05) is 6.54 Å². The Morgan fingerprint density at radius 3 is 2.31 bits per heavy atom. The molecule has 0 radical (unpaired) electrons. The SMILES string of the molecule is CCCCCCCCCCNC(C)Cn1nc(C(F)(F)F)cc1C1CC1. The van der Waals surface area contributed by atoms with Gasteiger partial charge >= 0.3 is 6.18 Å². The topological polar surface area (TPSA) is 29.9 Å². The van der Waals surface area contributed by atoms with Crippen LogP contribution in [0.25, 0.3) is 0 Å². The van der Waals surface area contributed by atoms with E-state index in [1.165, 1.54) is 51.0 Å². The smallest absolute Gasteiger partial charge is 0.312 e. The minimum Gasteiger partial charge on any atom is -0.312 e. The van der Waals surface area contributed by atoms with Gasteiger partial charge in [0.15, 0.2) is 5.69 Å². The molecule has 1 aromatic rings. The molecule has 0 spiro atoms. The molecule has 1 saturated carbocycles. The van der Waals surface area contributed by atoms with Gasteiger partial charge in [-0.2, -0.15) is 18.3 Å². The van der Waals surface area contributed by atoms with E-state index in [1.54, 1.807) is 4.68 Å². The van der Waals surface area contributed by atoms with Gasteiger partial charge < -0.3 is 5.32 Å². The number of hydrogen-bond donors (Lipinski definition) is 1. The lowest BCUT2D eigenvalue weighted by molar-refractivity contribution is -0.141. The lowest BCUT2D eigenvalue weighted by Crippen LogP contribution is -2.32. The molecule has 0 aromatic carbocycles. The molecule has 0 bridgehead atoms. The van der Waals surface area contributed by atoms with Crippen LogP contribution in [-0.4, -0.2) is 22.4 Å². The van der Waals surface area contributed by atoms with Gasteiger partial charge in [-0.3, -0.25) is 4.68 Å². The maximum atomic E-state index is 12.9. The maximum Gasteiger partial charge on any atom is 0.435 e. The summed E-state index contributed by atoms with van der Waals surface area (Å²) < 4.78 is 40.4. The Bertz CT molecular complexity index is 521. The summed E-state index contributed by atoms with van der Waals surface area (Å²) in [7, 11) is 0. The van der Waals surface area contributed by atoms with Crippen LogP contribution in [0.15, 0.2) is 6.07 Å². The molecule has 1 aliphatic rings. The van der Waals surface area contributed by atoms with Crippen LogP contribution < -0.4 is 5.32 Å². The highest BCUT2D eigenvalue weighted by Gasteiger charge is 2.37. The maximum absolute atomic E-state index is 12.9. The number of nitrogens with zero attached hydrogens (tertiary/aromatic N) is 2. The van der Waals surface area contributed by atoms with E-state index < -0.39 is 11.9 Å². The van der Waals surface area contributed by atoms with E-state index in [-0.39, 0.29) is 12.0 Å². The zero-order valence-corrected chi connectivity index (χ0v) is 16.2. The van der Waals surface area contributed by atoms with Crippen molar-refractivity contribution in [3.8, 4) is 0 Å². The fourth-order valence-electron chi connectivity index (χ4n) is 3.35. The zero-order chi connectivity index (χ0) is 19.0.